The third-order valence-corrected chi connectivity index (χ3v) is 7.04. The fourth-order valence-corrected chi connectivity index (χ4v) is 6.24. The zero-order valence-corrected chi connectivity index (χ0v) is 15.4. The number of amides is 1. The summed E-state index contributed by atoms with van der Waals surface area (Å²) in [5.74, 6) is 2.70. The van der Waals surface area contributed by atoms with Gasteiger partial charge in [-0.1, -0.05) is 18.2 Å². The van der Waals surface area contributed by atoms with Gasteiger partial charge < -0.3 is 4.90 Å². The molecule has 3 nitrogen and oxygen atoms in total. The van der Waals surface area contributed by atoms with Gasteiger partial charge in [0.2, 0.25) is 0 Å². The molecule has 2 aromatic rings. The molecule has 0 unspecified atom stereocenters. The number of nitrogens with zero attached hydrogens (tertiary/aromatic N) is 2. The van der Waals surface area contributed by atoms with Crippen LogP contribution in [-0.2, 0) is 5.41 Å². The SMILES string of the molecule is CN(C(=O)c1ccnc(C23CC4CC(CC(C4)C2)C3)c1)c1ccccc1. The Morgan fingerprint density at radius 1 is 1.00 bits per heavy atom. The number of rotatable bonds is 3. The fourth-order valence-electron chi connectivity index (χ4n) is 6.24. The van der Waals surface area contributed by atoms with E-state index in [2.05, 4.69) is 6.07 Å². The van der Waals surface area contributed by atoms with Crippen molar-refractivity contribution < 1.29 is 4.79 Å². The van der Waals surface area contributed by atoms with Gasteiger partial charge in [0.1, 0.15) is 0 Å². The number of aromatic nitrogens is 1. The second-order valence-electron chi connectivity index (χ2n) is 8.83. The van der Waals surface area contributed by atoms with Gasteiger partial charge >= 0.3 is 0 Å². The summed E-state index contributed by atoms with van der Waals surface area (Å²) >= 11 is 0. The molecular weight excluding hydrogens is 320 g/mol. The Bertz CT molecular complexity index is 794. The van der Waals surface area contributed by atoms with Crippen LogP contribution in [0.1, 0.15) is 54.6 Å². The molecule has 4 bridgehead atoms. The molecule has 26 heavy (non-hydrogen) atoms. The van der Waals surface area contributed by atoms with Gasteiger partial charge in [0.05, 0.1) is 0 Å². The molecule has 1 heterocycles. The number of pyridine rings is 1. The minimum Gasteiger partial charge on any atom is -0.311 e. The first kappa shape index (κ1) is 16.0. The maximum absolute atomic E-state index is 13.0. The topological polar surface area (TPSA) is 33.2 Å². The third kappa shape index (κ3) is 2.56. The van der Waals surface area contributed by atoms with Crippen LogP contribution in [0.2, 0.25) is 0 Å². The maximum atomic E-state index is 13.0. The van der Waals surface area contributed by atoms with Crippen molar-refractivity contribution >= 4 is 11.6 Å². The summed E-state index contributed by atoms with van der Waals surface area (Å²) in [6.07, 6.45) is 9.95. The summed E-state index contributed by atoms with van der Waals surface area (Å²) in [6, 6.07) is 13.8. The molecule has 1 amide bonds. The van der Waals surface area contributed by atoms with Gasteiger partial charge in [0, 0.05) is 35.6 Å². The summed E-state index contributed by atoms with van der Waals surface area (Å²) in [6.45, 7) is 0. The number of carbonyl (C=O) groups is 1. The zero-order valence-electron chi connectivity index (χ0n) is 15.4. The van der Waals surface area contributed by atoms with Gasteiger partial charge in [-0.2, -0.15) is 0 Å². The van der Waals surface area contributed by atoms with E-state index >= 15 is 0 Å². The van der Waals surface area contributed by atoms with Crippen LogP contribution in [0.5, 0.6) is 0 Å². The third-order valence-electron chi connectivity index (χ3n) is 7.04. The maximum Gasteiger partial charge on any atom is 0.258 e. The summed E-state index contributed by atoms with van der Waals surface area (Å²) in [4.78, 5) is 19.5. The van der Waals surface area contributed by atoms with Crippen LogP contribution >= 0.6 is 0 Å². The Morgan fingerprint density at radius 2 is 1.62 bits per heavy atom. The summed E-state index contributed by atoms with van der Waals surface area (Å²) in [5, 5.41) is 0. The van der Waals surface area contributed by atoms with Crippen molar-refractivity contribution in [2.24, 2.45) is 17.8 Å². The van der Waals surface area contributed by atoms with Crippen LogP contribution < -0.4 is 4.90 Å². The number of para-hydroxylation sites is 1. The van der Waals surface area contributed by atoms with Gasteiger partial charge in [-0.15, -0.1) is 0 Å². The number of benzene rings is 1. The number of anilines is 1. The highest BCUT2D eigenvalue weighted by atomic mass is 16.2. The molecule has 0 spiro atoms. The summed E-state index contributed by atoms with van der Waals surface area (Å²) < 4.78 is 0. The Labute approximate surface area is 155 Å². The highest BCUT2D eigenvalue weighted by Gasteiger charge is 2.52. The van der Waals surface area contributed by atoms with E-state index < -0.39 is 0 Å². The molecule has 134 valence electrons. The minimum atomic E-state index is 0.0459. The molecule has 4 saturated carbocycles. The lowest BCUT2D eigenvalue weighted by Crippen LogP contribution is -2.49. The van der Waals surface area contributed by atoms with Gasteiger partial charge in [-0.05, 0) is 80.5 Å². The minimum absolute atomic E-state index is 0.0459. The normalized spacial score (nSPS) is 31.8. The van der Waals surface area contributed by atoms with Crippen LogP contribution in [0.25, 0.3) is 0 Å². The molecule has 0 saturated heterocycles. The van der Waals surface area contributed by atoms with E-state index in [0.29, 0.717) is 0 Å². The van der Waals surface area contributed by atoms with Crippen molar-refractivity contribution in [3.8, 4) is 0 Å². The average Bonchev–Trinajstić information content (AvgIpc) is 2.66. The van der Waals surface area contributed by atoms with Crippen LogP contribution in [0.3, 0.4) is 0 Å². The predicted octanol–water partition coefficient (Wildman–Crippen LogP) is 4.83. The molecule has 3 heteroatoms. The highest BCUT2D eigenvalue weighted by Crippen LogP contribution is 2.60. The first-order valence-corrected chi connectivity index (χ1v) is 9.93. The summed E-state index contributed by atoms with van der Waals surface area (Å²) in [5.41, 5.74) is 3.09. The molecule has 0 aliphatic heterocycles. The van der Waals surface area contributed by atoms with Crippen LogP contribution in [-0.4, -0.2) is 17.9 Å². The highest BCUT2D eigenvalue weighted by molar-refractivity contribution is 6.05. The fraction of sp³-hybridized carbons (Fsp3) is 0.478. The molecule has 4 aliphatic carbocycles. The Balaban J connectivity index is 1.45. The van der Waals surface area contributed by atoms with Gasteiger partial charge in [-0.25, -0.2) is 0 Å². The number of hydrogen-bond acceptors (Lipinski definition) is 2. The smallest absolute Gasteiger partial charge is 0.258 e. The Kier molecular flexibility index (Phi) is 3.66. The van der Waals surface area contributed by atoms with Crippen molar-refractivity contribution in [2.75, 3.05) is 11.9 Å². The lowest BCUT2D eigenvalue weighted by atomic mass is 9.48. The first-order chi connectivity index (χ1) is 12.6. The molecule has 6 rings (SSSR count). The second kappa shape index (κ2) is 5.94. The molecule has 1 aromatic carbocycles. The lowest BCUT2D eigenvalue weighted by Gasteiger charge is -2.56. The predicted molar refractivity (Wildman–Crippen MR) is 103 cm³/mol. The van der Waals surface area contributed by atoms with Crippen LogP contribution in [0.15, 0.2) is 48.7 Å². The number of carbonyl (C=O) groups excluding carboxylic acids is 1. The standard InChI is InChI=1S/C23H26N2O/c1-25(20-5-3-2-4-6-20)22(26)19-7-8-24-21(12-19)23-13-16-9-17(14-23)11-18(10-16)15-23/h2-8,12,16-18H,9-11,13-15H2,1H3. The summed E-state index contributed by atoms with van der Waals surface area (Å²) in [7, 11) is 1.85. The van der Waals surface area contributed by atoms with Crippen molar-refractivity contribution in [2.45, 2.75) is 43.9 Å². The van der Waals surface area contributed by atoms with E-state index in [-0.39, 0.29) is 11.3 Å². The molecule has 0 radical (unpaired) electrons. The zero-order chi connectivity index (χ0) is 17.7. The molecule has 0 N–H and O–H groups in total. The quantitative estimate of drug-likeness (QED) is 0.798. The first-order valence-electron chi connectivity index (χ1n) is 9.93. The molecule has 4 aliphatic rings. The number of hydrogen-bond donors (Lipinski definition) is 0. The van der Waals surface area contributed by atoms with Crippen LogP contribution in [0, 0.1) is 17.8 Å². The largest absolute Gasteiger partial charge is 0.311 e. The van der Waals surface area contributed by atoms with E-state index in [9.17, 15) is 4.79 Å². The van der Waals surface area contributed by atoms with Crippen molar-refractivity contribution in [3.63, 3.8) is 0 Å². The monoisotopic (exact) mass is 346 g/mol. The van der Waals surface area contributed by atoms with E-state index in [1.807, 2.05) is 49.6 Å². The Hall–Kier alpha value is -2.16. The van der Waals surface area contributed by atoms with Gasteiger partial charge in [-0.3, -0.25) is 9.78 Å². The lowest BCUT2D eigenvalue weighted by molar-refractivity contribution is -0.00721. The van der Waals surface area contributed by atoms with Gasteiger partial charge in [0.15, 0.2) is 0 Å². The second-order valence-corrected chi connectivity index (χ2v) is 8.83. The van der Waals surface area contributed by atoms with Crippen molar-refractivity contribution in [1.29, 1.82) is 0 Å². The van der Waals surface area contributed by atoms with E-state index in [4.69, 9.17) is 4.98 Å². The molecular formula is C23H26N2O. The molecule has 1 aromatic heterocycles. The molecule has 4 fully saturated rings. The molecule has 0 atom stereocenters. The van der Waals surface area contributed by atoms with E-state index in [1.54, 1.807) is 4.90 Å². The van der Waals surface area contributed by atoms with E-state index in [1.165, 1.54) is 44.2 Å². The van der Waals surface area contributed by atoms with Gasteiger partial charge in [0.25, 0.3) is 5.91 Å². The van der Waals surface area contributed by atoms with Crippen LogP contribution in [0.4, 0.5) is 5.69 Å². The Morgan fingerprint density at radius 3 is 2.23 bits per heavy atom. The van der Waals surface area contributed by atoms with Crippen molar-refractivity contribution in [1.82, 2.24) is 4.98 Å². The average molecular weight is 346 g/mol. The van der Waals surface area contributed by atoms with Crippen molar-refractivity contribution in [3.05, 3.63) is 59.9 Å². The van der Waals surface area contributed by atoms with E-state index in [0.717, 1.165) is 29.0 Å².